The minimum absolute atomic E-state index is 0.00477. The Bertz CT molecular complexity index is 418. The van der Waals surface area contributed by atoms with Crippen LogP contribution in [-0.4, -0.2) is 19.0 Å². The van der Waals surface area contributed by atoms with Gasteiger partial charge in [0.05, 0.1) is 6.54 Å². The number of carbonyl (C=O) groups is 1. The van der Waals surface area contributed by atoms with E-state index < -0.39 is 0 Å². The van der Waals surface area contributed by atoms with Gasteiger partial charge in [-0.05, 0) is 43.4 Å². The summed E-state index contributed by atoms with van der Waals surface area (Å²) in [5.74, 6) is 0.444. The van der Waals surface area contributed by atoms with E-state index >= 15 is 0 Å². The molecule has 0 saturated heterocycles. The Morgan fingerprint density at radius 2 is 2.28 bits per heavy atom. The molecular formula is C14H19FN2O. The van der Waals surface area contributed by atoms with Gasteiger partial charge < -0.3 is 10.6 Å². The molecule has 1 aromatic carbocycles. The van der Waals surface area contributed by atoms with E-state index in [1.807, 2.05) is 13.0 Å². The van der Waals surface area contributed by atoms with E-state index in [4.69, 9.17) is 0 Å². The van der Waals surface area contributed by atoms with E-state index in [-0.39, 0.29) is 24.3 Å². The van der Waals surface area contributed by atoms with E-state index in [9.17, 15) is 9.18 Å². The molecule has 0 spiro atoms. The Morgan fingerprint density at radius 1 is 1.50 bits per heavy atom. The van der Waals surface area contributed by atoms with Gasteiger partial charge in [0.15, 0.2) is 0 Å². The highest BCUT2D eigenvalue weighted by Gasteiger charge is 2.21. The molecule has 3 nitrogen and oxygen atoms in total. The van der Waals surface area contributed by atoms with Crippen LogP contribution in [0.2, 0.25) is 0 Å². The minimum Gasteiger partial charge on any atom is -0.355 e. The van der Waals surface area contributed by atoms with Gasteiger partial charge in [-0.3, -0.25) is 4.79 Å². The molecule has 1 atom stereocenters. The molecular weight excluding hydrogens is 231 g/mol. The molecule has 1 aromatic rings. The summed E-state index contributed by atoms with van der Waals surface area (Å²) < 4.78 is 13.0. The number of hydrogen-bond acceptors (Lipinski definition) is 2. The molecule has 98 valence electrons. The lowest BCUT2D eigenvalue weighted by Gasteiger charge is -2.14. The Kier molecular flexibility index (Phi) is 4.31. The van der Waals surface area contributed by atoms with Crippen molar-refractivity contribution in [1.82, 2.24) is 10.6 Å². The van der Waals surface area contributed by atoms with Crippen LogP contribution in [0.1, 0.15) is 31.4 Å². The van der Waals surface area contributed by atoms with Crippen LogP contribution in [0.15, 0.2) is 24.3 Å². The molecule has 0 aromatic heterocycles. The van der Waals surface area contributed by atoms with Crippen molar-refractivity contribution in [2.45, 2.75) is 25.8 Å². The zero-order chi connectivity index (χ0) is 13.0. The van der Waals surface area contributed by atoms with Crippen molar-refractivity contribution in [1.29, 1.82) is 0 Å². The number of benzene rings is 1. The van der Waals surface area contributed by atoms with Crippen LogP contribution in [0.5, 0.6) is 0 Å². The molecule has 0 radical (unpaired) electrons. The average Bonchev–Trinajstić information content (AvgIpc) is 3.17. The molecule has 0 aliphatic heterocycles. The molecule has 2 N–H and O–H groups in total. The summed E-state index contributed by atoms with van der Waals surface area (Å²) in [5, 5.41) is 5.98. The summed E-state index contributed by atoms with van der Waals surface area (Å²) in [5.41, 5.74) is 0.852. The van der Waals surface area contributed by atoms with Gasteiger partial charge in [-0.25, -0.2) is 4.39 Å². The lowest BCUT2D eigenvalue weighted by molar-refractivity contribution is -0.120. The smallest absolute Gasteiger partial charge is 0.233 e. The van der Waals surface area contributed by atoms with Crippen molar-refractivity contribution in [2.24, 2.45) is 5.92 Å². The normalized spacial score (nSPS) is 16.3. The van der Waals surface area contributed by atoms with E-state index in [1.165, 1.54) is 25.0 Å². The second kappa shape index (κ2) is 5.96. The molecule has 1 unspecified atom stereocenters. The van der Waals surface area contributed by atoms with Gasteiger partial charge in [0.25, 0.3) is 0 Å². The van der Waals surface area contributed by atoms with E-state index in [2.05, 4.69) is 10.6 Å². The Morgan fingerprint density at radius 3 is 2.94 bits per heavy atom. The van der Waals surface area contributed by atoms with Gasteiger partial charge in [-0.1, -0.05) is 12.1 Å². The lowest BCUT2D eigenvalue weighted by atomic mass is 10.1. The molecule has 1 saturated carbocycles. The maximum Gasteiger partial charge on any atom is 0.233 e. The fraction of sp³-hybridized carbons (Fsp3) is 0.500. The largest absolute Gasteiger partial charge is 0.355 e. The number of rotatable bonds is 6. The van der Waals surface area contributed by atoms with Crippen LogP contribution < -0.4 is 10.6 Å². The monoisotopic (exact) mass is 250 g/mol. The van der Waals surface area contributed by atoms with Crippen molar-refractivity contribution in [2.75, 3.05) is 13.1 Å². The first-order valence-corrected chi connectivity index (χ1v) is 6.40. The molecule has 4 heteroatoms. The fourth-order valence-electron chi connectivity index (χ4n) is 1.78. The third-order valence-electron chi connectivity index (χ3n) is 3.20. The third kappa shape index (κ3) is 4.11. The predicted octanol–water partition coefficient (Wildman–Crippen LogP) is 2.00. The summed E-state index contributed by atoms with van der Waals surface area (Å²) >= 11 is 0. The summed E-state index contributed by atoms with van der Waals surface area (Å²) in [6.07, 6.45) is 2.46. The van der Waals surface area contributed by atoms with Crippen molar-refractivity contribution in [3.8, 4) is 0 Å². The van der Waals surface area contributed by atoms with Gasteiger partial charge in [-0.15, -0.1) is 0 Å². The topological polar surface area (TPSA) is 41.1 Å². The molecule has 2 rings (SSSR count). The first-order valence-electron chi connectivity index (χ1n) is 6.40. The zero-order valence-corrected chi connectivity index (χ0v) is 10.6. The molecule has 1 fully saturated rings. The minimum atomic E-state index is -0.251. The Balaban J connectivity index is 1.73. The van der Waals surface area contributed by atoms with Crippen LogP contribution in [0.25, 0.3) is 0 Å². The molecule has 1 amide bonds. The average molecular weight is 250 g/mol. The first kappa shape index (κ1) is 13.0. The quantitative estimate of drug-likeness (QED) is 0.811. The van der Waals surface area contributed by atoms with Crippen LogP contribution >= 0.6 is 0 Å². The number of amides is 1. The highest BCUT2D eigenvalue weighted by atomic mass is 19.1. The maximum absolute atomic E-state index is 13.0. The summed E-state index contributed by atoms with van der Waals surface area (Å²) in [6, 6.07) is 6.39. The standard InChI is InChI=1S/C14H19FN2O/c1-10(12-3-2-4-13(15)7-12)16-9-14(18)17-8-11-5-6-11/h2-4,7,10-11,16H,5-6,8-9H2,1H3,(H,17,18). The highest BCUT2D eigenvalue weighted by Crippen LogP contribution is 2.27. The van der Waals surface area contributed by atoms with Gasteiger partial charge in [-0.2, -0.15) is 0 Å². The van der Waals surface area contributed by atoms with Crippen molar-refractivity contribution in [3.63, 3.8) is 0 Å². The van der Waals surface area contributed by atoms with Crippen LogP contribution in [-0.2, 0) is 4.79 Å². The summed E-state index contributed by atoms with van der Waals surface area (Å²) in [6.45, 7) is 2.97. The molecule has 18 heavy (non-hydrogen) atoms. The van der Waals surface area contributed by atoms with Gasteiger partial charge in [0, 0.05) is 12.6 Å². The summed E-state index contributed by atoms with van der Waals surface area (Å²) in [7, 11) is 0. The Hall–Kier alpha value is -1.42. The van der Waals surface area contributed by atoms with E-state index in [0.717, 1.165) is 12.1 Å². The third-order valence-corrected chi connectivity index (χ3v) is 3.20. The predicted molar refractivity (Wildman–Crippen MR) is 68.6 cm³/mol. The molecule has 1 aliphatic rings. The highest BCUT2D eigenvalue weighted by molar-refractivity contribution is 5.78. The van der Waals surface area contributed by atoms with Crippen LogP contribution in [0.3, 0.4) is 0 Å². The SMILES string of the molecule is CC(NCC(=O)NCC1CC1)c1cccc(F)c1. The Labute approximate surface area is 107 Å². The second-order valence-electron chi connectivity index (χ2n) is 4.91. The van der Waals surface area contributed by atoms with Gasteiger partial charge in [0.2, 0.25) is 5.91 Å². The maximum atomic E-state index is 13.0. The number of hydrogen-bond donors (Lipinski definition) is 2. The van der Waals surface area contributed by atoms with E-state index in [1.54, 1.807) is 6.07 Å². The number of halogens is 1. The second-order valence-corrected chi connectivity index (χ2v) is 4.91. The first-order chi connectivity index (χ1) is 8.65. The summed E-state index contributed by atoms with van der Waals surface area (Å²) in [4.78, 5) is 11.5. The number of carbonyl (C=O) groups excluding carboxylic acids is 1. The van der Waals surface area contributed by atoms with E-state index in [0.29, 0.717) is 5.92 Å². The molecule has 1 aliphatic carbocycles. The van der Waals surface area contributed by atoms with Crippen LogP contribution in [0.4, 0.5) is 4.39 Å². The van der Waals surface area contributed by atoms with Crippen molar-refractivity contribution in [3.05, 3.63) is 35.6 Å². The zero-order valence-electron chi connectivity index (χ0n) is 10.6. The fourth-order valence-corrected chi connectivity index (χ4v) is 1.78. The van der Waals surface area contributed by atoms with Crippen molar-refractivity contribution >= 4 is 5.91 Å². The van der Waals surface area contributed by atoms with Gasteiger partial charge >= 0.3 is 0 Å². The molecule has 0 bridgehead atoms. The van der Waals surface area contributed by atoms with Gasteiger partial charge in [0.1, 0.15) is 5.82 Å². The van der Waals surface area contributed by atoms with Crippen molar-refractivity contribution < 1.29 is 9.18 Å². The molecule has 0 heterocycles. The number of nitrogens with one attached hydrogen (secondary N) is 2. The van der Waals surface area contributed by atoms with Crippen LogP contribution in [0, 0.1) is 11.7 Å². The lowest BCUT2D eigenvalue weighted by Crippen LogP contribution is -2.36.